The highest BCUT2D eigenvalue weighted by molar-refractivity contribution is 5.71. The number of hydrogen-bond acceptors (Lipinski definition) is 2. The van der Waals surface area contributed by atoms with Gasteiger partial charge in [-0.2, -0.15) is 0 Å². The Labute approximate surface area is 104 Å². The summed E-state index contributed by atoms with van der Waals surface area (Å²) in [5, 5.41) is 8.69. The van der Waals surface area contributed by atoms with E-state index in [1.54, 1.807) is 6.92 Å². The van der Waals surface area contributed by atoms with Crippen LogP contribution >= 0.6 is 0 Å². The summed E-state index contributed by atoms with van der Waals surface area (Å²) in [6.45, 7) is 3.80. The minimum atomic E-state index is -0.885. The molecule has 0 aliphatic heterocycles. The van der Waals surface area contributed by atoms with Gasteiger partial charge in [-0.3, -0.25) is 0 Å². The Bertz CT molecular complexity index is 271. The van der Waals surface area contributed by atoms with Gasteiger partial charge in [-0.25, -0.2) is 4.79 Å². The predicted octanol–water partition coefficient (Wildman–Crippen LogP) is 3.54. The number of carboxylic acids is 1. The summed E-state index contributed by atoms with van der Waals surface area (Å²) in [7, 11) is 0. The van der Waals surface area contributed by atoms with Gasteiger partial charge in [-0.15, -0.1) is 0 Å². The first-order valence-electron chi connectivity index (χ1n) is 6.74. The predicted molar refractivity (Wildman–Crippen MR) is 68.0 cm³/mol. The summed E-state index contributed by atoms with van der Waals surface area (Å²) in [5.74, 6) is -0.885. The Morgan fingerprint density at radius 1 is 1.35 bits per heavy atom. The first-order chi connectivity index (χ1) is 8.15. The number of ether oxygens (including phenoxy) is 1. The summed E-state index contributed by atoms with van der Waals surface area (Å²) in [6.07, 6.45) is 10.2. The first-order valence-corrected chi connectivity index (χ1v) is 6.74. The van der Waals surface area contributed by atoms with Crippen LogP contribution in [0.15, 0.2) is 11.6 Å². The van der Waals surface area contributed by atoms with E-state index in [1.807, 2.05) is 6.08 Å². The number of unbranched alkanes of at least 4 members (excludes halogenated alkanes) is 5. The van der Waals surface area contributed by atoms with Crippen molar-refractivity contribution < 1.29 is 14.6 Å². The smallest absolute Gasteiger partial charge is 0.332 e. The topological polar surface area (TPSA) is 46.5 Å². The minimum absolute atomic E-state index is 0.0109. The maximum Gasteiger partial charge on any atom is 0.332 e. The number of hydrogen-bond donors (Lipinski definition) is 1. The number of rotatable bonds is 10. The second-order valence-electron chi connectivity index (χ2n) is 4.80. The maximum atomic E-state index is 10.6. The van der Waals surface area contributed by atoms with Crippen molar-refractivity contribution >= 4 is 5.97 Å². The fourth-order valence-electron chi connectivity index (χ4n) is 1.89. The molecule has 0 aromatic carbocycles. The SMILES string of the molecule is CCCCCCCCC1=CC1OC(C)C(=O)O. The molecule has 1 N–H and O–H groups in total. The molecule has 0 amide bonds. The van der Waals surface area contributed by atoms with Crippen molar-refractivity contribution in [1.82, 2.24) is 0 Å². The Kier molecular flexibility index (Phi) is 6.27. The molecular formula is C14H24O3. The van der Waals surface area contributed by atoms with Crippen LogP contribution < -0.4 is 0 Å². The average Bonchev–Trinajstić information content (AvgIpc) is 3.01. The molecule has 0 aromatic heterocycles. The second kappa shape index (κ2) is 7.49. The van der Waals surface area contributed by atoms with Crippen molar-refractivity contribution in [3.05, 3.63) is 11.6 Å². The van der Waals surface area contributed by atoms with E-state index in [9.17, 15) is 4.79 Å². The fourth-order valence-corrected chi connectivity index (χ4v) is 1.89. The zero-order valence-corrected chi connectivity index (χ0v) is 10.9. The van der Waals surface area contributed by atoms with E-state index in [2.05, 4.69) is 6.92 Å². The monoisotopic (exact) mass is 240 g/mol. The van der Waals surface area contributed by atoms with Gasteiger partial charge in [0.1, 0.15) is 0 Å². The molecule has 1 rings (SSSR count). The van der Waals surface area contributed by atoms with Crippen LogP contribution in [0.2, 0.25) is 0 Å². The lowest BCUT2D eigenvalue weighted by molar-refractivity contribution is -0.149. The van der Waals surface area contributed by atoms with Crippen molar-refractivity contribution in [3.63, 3.8) is 0 Å². The van der Waals surface area contributed by atoms with Gasteiger partial charge in [0.15, 0.2) is 6.10 Å². The van der Waals surface area contributed by atoms with E-state index in [0.29, 0.717) is 0 Å². The molecule has 17 heavy (non-hydrogen) atoms. The molecule has 2 atom stereocenters. The molecule has 0 radical (unpaired) electrons. The average molecular weight is 240 g/mol. The molecule has 2 unspecified atom stereocenters. The van der Waals surface area contributed by atoms with E-state index < -0.39 is 12.1 Å². The van der Waals surface area contributed by atoms with E-state index in [4.69, 9.17) is 9.84 Å². The normalized spacial score (nSPS) is 19.9. The second-order valence-corrected chi connectivity index (χ2v) is 4.80. The van der Waals surface area contributed by atoms with Crippen LogP contribution in [0.1, 0.15) is 58.8 Å². The van der Waals surface area contributed by atoms with Gasteiger partial charge in [-0.1, -0.05) is 39.0 Å². The molecule has 3 nitrogen and oxygen atoms in total. The van der Waals surface area contributed by atoms with Crippen LogP contribution in [-0.2, 0) is 9.53 Å². The summed E-state index contributed by atoms with van der Waals surface area (Å²) in [5.41, 5.74) is 1.29. The van der Waals surface area contributed by atoms with Gasteiger partial charge in [0.25, 0.3) is 0 Å². The van der Waals surface area contributed by atoms with Crippen LogP contribution in [0.4, 0.5) is 0 Å². The third kappa shape index (κ3) is 5.87. The quantitative estimate of drug-likeness (QED) is 0.469. The lowest BCUT2D eigenvalue weighted by Crippen LogP contribution is -2.21. The van der Waals surface area contributed by atoms with Crippen LogP contribution in [0, 0.1) is 0 Å². The molecular weight excluding hydrogens is 216 g/mol. The molecule has 0 heterocycles. The molecule has 0 saturated heterocycles. The van der Waals surface area contributed by atoms with E-state index >= 15 is 0 Å². The van der Waals surface area contributed by atoms with Crippen molar-refractivity contribution in [2.45, 2.75) is 71.0 Å². The Morgan fingerprint density at radius 3 is 2.65 bits per heavy atom. The molecule has 1 aliphatic carbocycles. The first kappa shape index (κ1) is 14.2. The highest BCUT2D eigenvalue weighted by Gasteiger charge is 2.28. The highest BCUT2D eigenvalue weighted by Crippen LogP contribution is 2.30. The summed E-state index contributed by atoms with van der Waals surface area (Å²) < 4.78 is 5.34. The van der Waals surface area contributed by atoms with Crippen LogP contribution in [0.3, 0.4) is 0 Å². The van der Waals surface area contributed by atoms with E-state index in [0.717, 1.165) is 6.42 Å². The zero-order chi connectivity index (χ0) is 12.7. The summed E-state index contributed by atoms with van der Waals surface area (Å²) in [4.78, 5) is 10.6. The highest BCUT2D eigenvalue weighted by atomic mass is 16.5. The lowest BCUT2D eigenvalue weighted by Gasteiger charge is -2.08. The number of carboxylic acid groups (broad SMARTS) is 1. The summed E-state index contributed by atoms with van der Waals surface area (Å²) >= 11 is 0. The van der Waals surface area contributed by atoms with E-state index in [1.165, 1.54) is 44.1 Å². The molecule has 3 heteroatoms. The Hall–Kier alpha value is -0.830. The van der Waals surface area contributed by atoms with Gasteiger partial charge < -0.3 is 9.84 Å². The van der Waals surface area contributed by atoms with Crippen molar-refractivity contribution in [2.75, 3.05) is 0 Å². The van der Waals surface area contributed by atoms with Gasteiger partial charge >= 0.3 is 5.97 Å². The molecule has 0 spiro atoms. The van der Waals surface area contributed by atoms with Crippen molar-refractivity contribution in [3.8, 4) is 0 Å². The standard InChI is InChI=1S/C14H24O3/c1-3-4-5-6-7-8-9-12-10-13(12)17-11(2)14(15)16/h10-11,13H,3-9H2,1-2H3,(H,15,16). The third-order valence-electron chi connectivity index (χ3n) is 3.14. The van der Waals surface area contributed by atoms with Crippen molar-refractivity contribution in [1.29, 1.82) is 0 Å². The molecule has 0 bridgehead atoms. The lowest BCUT2D eigenvalue weighted by atomic mass is 10.1. The molecule has 98 valence electrons. The van der Waals surface area contributed by atoms with Crippen molar-refractivity contribution in [2.24, 2.45) is 0 Å². The fraction of sp³-hybridized carbons (Fsp3) is 0.786. The van der Waals surface area contributed by atoms with Crippen LogP contribution in [0.25, 0.3) is 0 Å². The Morgan fingerprint density at radius 2 is 2.00 bits per heavy atom. The minimum Gasteiger partial charge on any atom is -0.479 e. The summed E-state index contributed by atoms with van der Waals surface area (Å²) in [6, 6.07) is 0. The van der Waals surface area contributed by atoms with Gasteiger partial charge in [0.2, 0.25) is 0 Å². The van der Waals surface area contributed by atoms with Crippen LogP contribution in [-0.4, -0.2) is 23.3 Å². The molecule has 0 aromatic rings. The number of carbonyl (C=O) groups is 1. The molecule has 1 aliphatic rings. The molecule has 0 saturated carbocycles. The van der Waals surface area contributed by atoms with Gasteiger partial charge in [0, 0.05) is 0 Å². The molecule has 0 fully saturated rings. The van der Waals surface area contributed by atoms with E-state index in [-0.39, 0.29) is 6.10 Å². The van der Waals surface area contributed by atoms with Gasteiger partial charge in [0.05, 0.1) is 6.10 Å². The largest absolute Gasteiger partial charge is 0.479 e. The third-order valence-corrected chi connectivity index (χ3v) is 3.14. The zero-order valence-electron chi connectivity index (χ0n) is 10.9. The number of aliphatic carboxylic acids is 1. The van der Waals surface area contributed by atoms with Gasteiger partial charge in [-0.05, 0) is 31.4 Å². The maximum absolute atomic E-state index is 10.6. The van der Waals surface area contributed by atoms with Crippen LogP contribution in [0.5, 0.6) is 0 Å². The Balaban J connectivity index is 1.94.